The van der Waals surface area contributed by atoms with Crippen LogP contribution in [0.3, 0.4) is 0 Å². The molecule has 1 aliphatic rings. The number of halogens is 2. The van der Waals surface area contributed by atoms with Gasteiger partial charge in [0.2, 0.25) is 0 Å². The molecule has 1 fully saturated rings. The predicted molar refractivity (Wildman–Crippen MR) is 147 cm³/mol. The smallest absolute Gasteiger partial charge is 0.321 e. The molecule has 4 N–H and O–H groups in total. The lowest BCUT2D eigenvalue weighted by Gasteiger charge is -2.36. The summed E-state index contributed by atoms with van der Waals surface area (Å²) in [7, 11) is -1.83. The number of hydrogen-bond acceptors (Lipinski definition) is 8. The molecule has 1 unspecified atom stereocenters. The molecule has 1 aromatic heterocycles. The van der Waals surface area contributed by atoms with E-state index in [-0.39, 0.29) is 12.0 Å². The Balaban J connectivity index is 0.000000176. The average molecular weight is 565 g/mol. The van der Waals surface area contributed by atoms with Crippen LogP contribution in [-0.4, -0.2) is 31.4 Å². The van der Waals surface area contributed by atoms with Gasteiger partial charge in [0.05, 0.1) is 5.52 Å². The van der Waals surface area contributed by atoms with Crippen LogP contribution in [0.25, 0.3) is 11.0 Å². The first-order chi connectivity index (χ1) is 17.5. The summed E-state index contributed by atoms with van der Waals surface area (Å²) in [5.74, 6) is 0. The first-order valence-corrected chi connectivity index (χ1v) is 13.8. The number of nitrogens with zero attached hydrogens (tertiary/aromatic N) is 3. The number of anilines is 1. The van der Waals surface area contributed by atoms with Crippen molar-refractivity contribution in [2.24, 2.45) is 12.5 Å². The Morgan fingerprint density at radius 2 is 1.81 bits per heavy atom. The van der Waals surface area contributed by atoms with Crippen molar-refractivity contribution in [3.63, 3.8) is 0 Å². The molecule has 9 nitrogen and oxygen atoms in total. The van der Waals surface area contributed by atoms with Gasteiger partial charge in [0, 0.05) is 40.3 Å². The zero-order chi connectivity index (χ0) is 26.6. The first kappa shape index (κ1) is 27.7. The Bertz CT molecular complexity index is 1350. The number of aromatic nitrogens is 3. The fourth-order valence-corrected chi connectivity index (χ4v) is 5.37. The molecule has 2 heterocycles. The number of hydrazine groups is 1. The Hall–Kier alpha value is -2.33. The summed E-state index contributed by atoms with van der Waals surface area (Å²) in [5, 5.41) is 9.33. The molecule has 196 valence electrons. The maximum Gasteiger partial charge on any atom is 0.570 e. The van der Waals surface area contributed by atoms with E-state index in [1.807, 2.05) is 75.5 Å². The molecular weight excluding hydrogens is 536 g/mol. The highest BCUT2D eigenvalue weighted by Crippen LogP contribution is 2.64. The Labute approximate surface area is 226 Å². The fourth-order valence-electron chi connectivity index (χ4n) is 3.77. The minimum absolute atomic E-state index is 0.212. The molecule has 3 aromatic carbocycles. The highest BCUT2D eigenvalue weighted by molar-refractivity contribution is 7.54. The Kier molecular flexibility index (Phi) is 8.68. The van der Waals surface area contributed by atoms with Crippen LogP contribution in [0, 0.1) is 5.41 Å². The van der Waals surface area contributed by atoms with Crippen molar-refractivity contribution < 1.29 is 18.8 Å². The normalized spacial score (nSPS) is 18.2. The maximum absolute atomic E-state index is 9.51. The van der Waals surface area contributed by atoms with Gasteiger partial charge >= 0.3 is 8.17 Å². The van der Waals surface area contributed by atoms with E-state index in [9.17, 15) is 9.79 Å². The predicted octanol–water partition coefficient (Wildman–Crippen LogP) is 5.85. The van der Waals surface area contributed by atoms with E-state index >= 15 is 0 Å². The molecule has 1 saturated heterocycles. The van der Waals surface area contributed by atoms with Gasteiger partial charge in [-0.3, -0.25) is 0 Å². The van der Waals surface area contributed by atoms with Gasteiger partial charge in [-0.15, -0.1) is 9.62 Å². The van der Waals surface area contributed by atoms with Gasteiger partial charge in [-0.05, 0) is 48.0 Å². The molecule has 0 spiro atoms. The largest absolute Gasteiger partial charge is 0.570 e. The molecule has 12 heteroatoms. The second-order valence-corrected chi connectivity index (χ2v) is 11.6. The lowest BCUT2D eigenvalue weighted by molar-refractivity contribution is -0.0632. The summed E-state index contributed by atoms with van der Waals surface area (Å²) in [6, 6.07) is 20.8. The van der Waals surface area contributed by atoms with E-state index in [0.29, 0.717) is 11.6 Å². The van der Waals surface area contributed by atoms with Crippen LogP contribution in [0.2, 0.25) is 10.0 Å². The highest BCUT2D eigenvalue weighted by atomic mass is 35.5. The van der Waals surface area contributed by atoms with Crippen molar-refractivity contribution in [1.29, 1.82) is 0 Å². The Morgan fingerprint density at radius 3 is 2.54 bits per heavy atom. The van der Waals surface area contributed by atoms with Gasteiger partial charge in [0.1, 0.15) is 18.2 Å². The number of benzene rings is 3. The van der Waals surface area contributed by atoms with Crippen LogP contribution in [0.5, 0.6) is 0 Å². The van der Waals surface area contributed by atoms with E-state index in [0.717, 1.165) is 32.9 Å². The van der Waals surface area contributed by atoms with E-state index in [1.165, 1.54) is 0 Å². The van der Waals surface area contributed by atoms with Gasteiger partial charge in [-0.1, -0.05) is 66.5 Å². The molecule has 1 aliphatic heterocycles. The monoisotopic (exact) mass is 564 g/mol. The summed E-state index contributed by atoms with van der Waals surface area (Å²) >= 11 is 11.9. The lowest BCUT2D eigenvalue weighted by atomic mass is 9.83. The Morgan fingerprint density at radius 1 is 1.08 bits per heavy atom. The summed E-state index contributed by atoms with van der Waals surface area (Å²) in [6.45, 7) is 4.77. The SMILES string of the molecule is CC1(C)CO[P+](O)(O)OC1c1ccccc1Cl.Cn1nnc2ccc(CNNc3ccc(Cl)cc3)cc21. The van der Waals surface area contributed by atoms with Crippen molar-refractivity contribution in [3.8, 4) is 0 Å². The molecule has 0 saturated carbocycles. The van der Waals surface area contributed by atoms with Crippen molar-refractivity contribution >= 4 is 48.1 Å². The number of nitrogens with one attached hydrogen (secondary N) is 2. The highest BCUT2D eigenvalue weighted by Gasteiger charge is 2.55. The van der Waals surface area contributed by atoms with Crippen molar-refractivity contribution in [2.45, 2.75) is 26.5 Å². The van der Waals surface area contributed by atoms with Crippen LogP contribution in [-0.2, 0) is 22.6 Å². The minimum Gasteiger partial charge on any atom is -0.321 e. The summed E-state index contributed by atoms with van der Waals surface area (Å²) in [4.78, 5) is 19.0. The molecule has 1 atom stereocenters. The molecule has 37 heavy (non-hydrogen) atoms. The van der Waals surface area contributed by atoms with Gasteiger partial charge < -0.3 is 5.43 Å². The standard InChI is InChI=1S/C14H14ClN5.C11H15ClO4P/c1-20-14-8-10(2-7-13(14)18-19-20)9-16-17-12-5-3-11(15)4-6-12;1-11(2)7-15-17(13,14)16-10(11)8-5-3-4-6-9(8)12/h2-8,16-17H,9H2,1H3;3-6,10,13-14H,7H2,1-2H3/q;+1. The fraction of sp³-hybridized carbons (Fsp3) is 0.280. The minimum atomic E-state index is -3.72. The topological polar surface area (TPSA) is 114 Å². The summed E-state index contributed by atoms with van der Waals surface area (Å²) in [6.07, 6.45) is -0.492. The second kappa shape index (κ2) is 11.6. The van der Waals surface area contributed by atoms with Crippen LogP contribution in [0.4, 0.5) is 5.69 Å². The maximum atomic E-state index is 9.51. The zero-order valence-corrected chi connectivity index (χ0v) is 23.0. The van der Waals surface area contributed by atoms with Crippen LogP contribution in [0.15, 0.2) is 66.7 Å². The molecule has 5 rings (SSSR count). The quantitative estimate of drug-likeness (QED) is 0.176. The second-order valence-electron chi connectivity index (χ2n) is 9.28. The third-order valence-corrected chi connectivity index (χ3v) is 7.34. The van der Waals surface area contributed by atoms with Crippen LogP contribution < -0.4 is 10.9 Å². The molecule has 0 radical (unpaired) electrons. The molecular formula is C25H29Cl2N5O4P+. The van der Waals surface area contributed by atoms with Crippen molar-refractivity contribution in [1.82, 2.24) is 20.4 Å². The van der Waals surface area contributed by atoms with E-state index in [4.69, 9.17) is 32.2 Å². The number of rotatable bonds is 5. The number of aryl methyl sites for hydroxylation is 1. The molecule has 0 bridgehead atoms. The van der Waals surface area contributed by atoms with Gasteiger partial charge in [-0.25, -0.2) is 10.1 Å². The van der Waals surface area contributed by atoms with Crippen LogP contribution in [0.1, 0.15) is 31.1 Å². The first-order valence-electron chi connectivity index (χ1n) is 11.5. The van der Waals surface area contributed by atoms with E-state index < -0.39 is 14.3 Å². The van der Waals surface area contributed by atoms with Crippen molar-refractivity contribution in [2.75, 3.05) is 12.0 Å². The van der Waals surface area contributed by atoms with E-state index in [2.05, 4.69) is 27.2 Å². The third-order valence-electron chi connectivity index (χ3n) is 5.79. The number of hydrogen-bond donors (Lipinski definition) is 4. The summed E-state index contributed by atoms with van der Waals surface area (Å²) < 4.78 is 12.0. The van der Waals surface area contributed by atoms with Gasteiger partial charge in [-0.2, -0.15) is 14.3 Å². The van der Waals surface area contributed by atoms with Crippen LogP contribution >= 0.6 is 31.4 Å². The molecule has 0 aliphatic carbocycles. The number of fused-ring (bicyclic) bond motifs is 1. The van der Waals surface area contributed by atoms with Gasteiger partial charge in [0.25, 0.3) is 0 Å². The average Bonchev–Trinajstić information content (AvgIpc) is 3.23. The van der Waals surface area contributed by atoms with Gasteiger partial charge in [0.15, 0.2) is 0 Å². The molecule has 0 amide bonds. The van der Waals surface area contributed by atoms with Crippen molar-refractivity contribution in [3.05, 3.63) is 87.9 Å². The molecule has 4 aromatic rings. The zero-order valence-electron chi connectivity index (χ0n) is 20.6. The van der Waals surface area contributed by atoms with E-state index in [1.54, 1.807) is 10.7 Å². The third kappa shape index (κ3) is 7.16. The lowest BCUT2D eigenvalue weighted by Crippen LogP contribution is -2.34. The summed E-state index contributed by atoms with van der Waals surface area (Å²) in [5.41, 5.74) is 10.7.